The molecule has 0 radical (unpaired) electrons. The molecule has 1 aliphatic rings. The molecular formula is C21H23ClF2N2O2. The van der Waals surface area contributed by atoms with E-state index >= 15 is 0 Å². The Morgan fingerprint density at radius 1 is 1.14 bits per heavy atom. The summed E-state index contributed by atoms with van der Waals surface area (Å²) in [6.07, 6.45) is 3.41. The number of rotatable bonds is 6. The van der Waals surface area contributed by atoms with Gasteiger partial charge < -0.3 is 10.1 Å². The number of ether oxygens (including phenoxy) is 1. The highest BCUT2D eigenvalue weighted by molar-refractivity contribution is 6.33. The highest BCUT2D eigenvalue weighted by atomic mass is 35.5. The van der Waals surface area contributed by atoms with Crippen LogP contribution in [-0.2, 0) is 0 Å². The summed E-state index contributed by atoms with van der Waals surface area (Å²) in [5.41, 5.74) is 0.979. The van der Waals surface area contributed by atoms with Gasteiger partial charge in [0.25, 0.3) is 5.91 Å². The van der Waals surface area contributed by atoms with E-state index < -0.39 is 17.5 Å². The van der Waals surface area contributed by atoms with E-state index in [1.807, 2.05) is 24.3 Å². The Kier molecular flexibility index (Phi) is 6.86. The molecule has 1 saturated heterocycles. The molecule has 7 heteroatoms. The third kappa shape index (κ3) is 4.80. The maximum Gasteiger partial charge on any atom is 0.252 e. The number of methoxy groups -OCH3 is 1. The molecule has 1 N–H and O–H groups in total. The molecular weight excluding hydrogens is 386 g/mol. The van der Waals surface area contributed by atoms with Crippen LogP contribution in [0.1, 0.15) is 41.2 Å². The smallest absolute Gasteiger partial charge is 0.252 e. The number of carbonyl (C=O) groups is 1. The summed E-state index contributed by atoms with van der Waals surface area (Å²) in [5, 5.41) is 2.71. The van der Waals surface area contributed by atoms with Crippen molar-refractivity contribution in [1.29, 1.82) is 0 Å². The van der Waals surface area contributed by atoms with Gasteiger partial charge in [0.1, 0.15) is 5.75 Å². The molecule has 150 valence electrons. The molecule has 1 heterocycles. The standard InChI is InChI=1S/C21H23ClF2N2O2/c1-28-15-7-5-14(6-8-15)20(26-9-3-2-4-10-26)13-25-21(27)16-11-18(23)19(24)12-17(16)22/h5-8,11-12,20H,2-4,9-10,13H2,1H3,(H,25,27). The first-order chi connectivity index (χ1) is 13.5. The first kappa shape index (κ1) is 20.6. The van der Waals surface area contributed by atoms with Crippen molar-refractivity contribution in [2.75, 3.05) is 26.7 Å². The van der Waals surface area contributed by atoms with Gasteiger partial charge in [-0.3, -0.25) is 9.69 Å². The molecule has 0 spiro atoms. The normalized spacial score (nSPS) is 15.9. The van der Waals surface area contributed by atoms with E-state index in [4.69, 9.17) is 16.3 Å². The quantitative estimate of drug-likeness (QED) is 0.711. The van der Waals surface area contributed by atoms with E-state index in [2.05, 4.69) is 10.2 Å². The summed E-state index contributed by atoms with van der Waals surface area (Å²) in [4.78, 5) is 14.9. The predicted molar refractivity (Wildman–Crippen MR) is 105 cm³/mol. The molecule has 1 fully saturated rings. The van der Waals surface area contributed by atoms with Crippen molar-refractivity contribution in [3.05, 3.63) is 64.2 Å². The number of likely N-dealkylation sites (tertiary alicyclic amines) is 1. The number of benzene rings is 2. The number of carbonyl (C=O) groups excluding carboxylic acids is 1. The van der Waals surface area contributed by atoms with Crippen LogP contribution in [0.2, 0.25) is 5.02 Å². The topological polar surface area (TPSA) is 41.6 Å². The Bertz CT molecular complexity index is 824. The number of amides is 1. The average Bonchev–Trinajstić information content (AvgIpc) is 2.72. The van der Waals surface area contributed by atoms with Gasteiger partial charge in [0.05, 0.1) is 23.7 Å². The van der Waals surface area contributed by atoms with Gasteiger partial charge in [0.15, 0.2) is 11.6 Å². The lowest BCUT2D eigenvalue weighted by atomic mass is 10.0. The van der Waals surface area contributed by atoms with E-state index in [-0.39, 0.29) is 16.6 Å². The molecule has 0 aromatic heterocycles. The fourth-order valence-corrected chi connectivity index (χ4v) is 3.73. The summed E-state index contributed by atoms with van der Waals surface area (Å²) in [6.45, 7) is 2.22. The van der Waals surface area contributed by atoms with Crippen LogP contribution in [0, 0.1) is 11.6 Å². The van der Waals surface area contributed by atoms with Crippen LogP contribution in [0.25, 0.3) is 0 Å². The van der Waals surface area contributed by atoms with Gasteiger partial charge >= 0.3 is 0 Å². The summed E-state index contributed by atoms with van der Waals surface area (Å²) in [7, 11) is 1.61. The molecule has 3 rings (SSSR count). The van der Waals surface area contributed by atoms with Gasteiger partial charge in [-0.1, -0.05) is 30.2 Å². The number of hydrogen-bond acceptors (Lipinski definition) is 3. The van der Waals surface area contributed by atoms with Crippen molar-refractivity contribution in [1.82, 2.24) is 10.2 Å². The Hall–Kier alpha value is -2.18. The Morgan fingerprint density at radius 3 is 2.43 bits per heavy atom. The number of hydrogen-bond donors (Lipinski definition) is 1. The largest absolute Gasteiger partial charge is 0.497 e. The summed E-state index contributed by atoms with van der Waals surface area (Å²) in [6, 6.07) is 9.36. The van der Waals surface area contributed by atoms with Crippen LogP contribution >= 0.6 is 11.6 Å². The fourth-order valence-electron chi connectivity index (χ4n) is 3.50. The van der Waals surface area contributed by atoms with E-state index in [1.54, 1.807) is 7.11 Å². The molecule has 28 heavy (non-hydrogen) atoms. The van der Waals surface area contributed by atoms with Crippen LogP contribution < -0.4 is 10.1 Å². The van der Waals surface area contributed by atoms with E-state index in [0.29, 0.717) is 6.54 Å². The van der Waals surface area contributed by atoms with Crippen LogP contribution in [0.15, 0.2) is 36.4 Å². The zero-order valence-electron chi connectivity index (χ0n) is 15.7. The highest BCUT2D eigenvalue weighted by Gasteiger charge is 2.24. The Labute approximate surface area is 168 Å². The second-order valence-corrected chi connectivity index (χ2v) is 7.25. The minimum Gasteiger partial charge on any atom is -0.497 e. The number of nitrogens with one attached hydrogen (secondary N) is 1. The third-order valence-electron chi connectivity index (χ3n) is 5.04. The highest BCUT2D eigenvalue weighted by Crippen LogP contribution is 2.26. The van der Waals surface area contributed by atoms with Crippen LogP contribution in [0.3, 0.4) is 0 Å². The van der Waals surface area contributed by atoms with Crippen molar-refractivity contribution in [3.8, 4) is 5.75 Å². The molecule has 1 unspecified atom stereocenters. The fraction of sp³-hybridized carbons (Fsp3) is 0.381. The molecule has 1 atom stereocenters. The first-order valence-electron chi connectivity index (χ1n) is 9.30. The van der Waals surface area contributed by atoms with Crippen molar-refractivity contribution in [2.45, 2.75) is 25.3 Å². The van der Waals surface area contributed by atoms with Crippen LogP contribution in [0.4, 0.5) is 8.78 Å². The second-order valence-electron chi connectivity index (χ2n) is 6.84. The number of nitrogens with zero attached hydrogens (tertiary/aromatic N) is 1. The molecule has 1 aliphatic heterocycles. The Balaban J connectivity index is 1.77. The van der Waals surface area contributed by atoms with E-state index in [9.17, 15) is 13.6 Å². The van der Waals surface area contributed by atoms with Crippen LogP contribution in [0.5, 0.6) is 5.75 Å². The van der Waals surface area contributed by atoms with Crippen molar-refractivity contribution in [2.24, 2.45) is 0 Å². The zero-order valence-corrected chi connectivity index (χ0v) is 16.4. The van der Waals surface area contributed by atoms with E-state index in [0.717, 1.165) is 49.4 Å². The maximum absolute atomic E-state index is 13.5. The first-order valence-corrected chi connectivity index (χ1v) is 9.68. The lowest BCUT2D eigenvalue weighted by Crippen LogP contribution is -2.40. The second kappa shape index (κ2) is 9.34. The van der Waals surface area contributed by atoms with Crippen molar-refractivity contribution in [3.63, 3.8) is 0 Å². The van der Waals surface area contributed by atoms with Gasteiger partial charge in [-0.2, -0.15) is 0 Å². The van der Waals surface area contributed by atoms with Crippen molar-refractivity contribution < 1.29 is 18.3 Å². The van der Waals surface area contributed by atoms with Gasteiger partial charge in [-0.25, -0.2) is 8.78 Å². The van der Waals surface area contributed by atoms with E-state index in [1.165, 1.54) is 6.42 Å². The molecule has 0 aliphatic carbocycles. The van der Waals surface area contributed by atoms with Crippen LogP contribution in [-0.4, -0.2) is 37.6 Å². The number of halogens is 3. The predicted octanol–water partition coefficient (Wildman–Crippen LogP) is 4.58. The Morgan fingerprint density at radius 2 is 1.79 bits per heavy atom. The third-order valence-corrected chi connectivity index (χ3v) is 5.36. The minimum absolute atomic E-state index is 0.0285. The van der Waals surface area contributed by atoms with Gasteiger partial charge in [-0.15, -0.1) is 0 Å². The van der Waals surface area contributed by atoms with Gasteiger partial charge in [-0.05, 0) is 55.8 Å². The SMILES string of the molecule is COc1ccc(C(CNC(=O)c2cc(F)c(F)cc2Cl)N2CCCCC2)cc1. The lowest BCUT2D eigenvalue weighted by Gasteiger charge is -2.35. The molecule has 1 amide bonds. The summed E-state index contributed by atoms with van der Waals surface area (Å²) >= 11 is 5.92. The molecule has 4 nitrogen and oxygen atoms in total. The zero-order chi connectivity index (χ0) is 20.1. The monoisotopic (exact) mass is 408 g/mol. The van der Waals surface area contributed by atoms with Gasteiger partial charge in [0, 0.05) is 6.54 Å². The molecule has 2 aromatic rings. The summed E-state index contributed by atoms with van der Waals surface area (Å²) < 4.78 is 32.0. The summed E-state index contributed by atoms with van der Waals surface area (Å²) in [5.74, 6) is -1.94. The number of piperidine rings is 1. The molecule has 0 bridgehead atoms. The maximum atomic E-state index is 13.5. The lowest BCUT2D eigenvalue weighted by molar-refractivity contribution is 0.0924. The van der Waals surface area contributed by atoms with Crippen molar-refractivity contribution >= 4 is 17.5 Å². The van der Waals surface area contributed by atoms with Gasteiger partial charge in [0.2, 0.25) is 0 Å². The minimum atomic E-state index is -1.10. The molecule has 0 saturated carbocycles. The average molecular weight is 409 g/mol. The molecule has 2 aromatic carbocycles.